The lowest BCUT2D eigenvalue weighted by Crippen LogP contribution is -2.66. The Morgan fingerprint density at radius 3 is 2.79 bits per heavy atom. The van der Waals surface area contributed by atoms with Gasteiger partial charge in [-0.15, -0.1) is 0 Å². The lowest BCUT2D eigenvalue weighted by Gasteiger charge is -2.53. The summed E-state index contributed by atoms with van der Waals surface area (Å²) in [5.74, 6) is 10.4. The van der Waals surface area contributed by atoms with Crippen LogP contribution in [0.2, 0.25) is 0 Å². The molecule has 4 heterocycles. The largest absolute Gasteiger partial charge is 0.504 e. The maximum Gasteiger partial charge on any atom is 0.302 e. The van der Waals surface area contributed by atoms with E-state index >= 15 is 0 Å². The van der Waals surface area contributed by atoms with Crippen molar-refractivity contribution < 1.29 is 34.7 Å². The molecule has 10 bridgehead atoms. The smallest absolute Gasteiger partial charge is 0.302 e. The van der Waals surface area contributed by atoms with E-state index in [-0.39, 0.29) is 59.3 Å². The molecule has 0 amide bonds. The molecule has 6 aliphatic carbocycles. The first-order chi connectivity index (χ1) is 31.9. The molecule has 9 N–H and O–H groups in total. The zero-order valence-corrected chi connectivity index (χ0v) is 40.4. The van der Waals surface area contributed by atoms with Crippen LogP contribution in [0.4, 0.5) is 0 Å². The van der Waals surface area contributed by atoms with Gasteiger partial charge in [0.15, 0.2) is 17.5 Å². The maximum atomic E-state index is 13.0. The number of nitrogens with zero attached hydrogens (tertiary/aromatic N) is 1. The Kier molecular flexibility index (Phi) is 13.6. The summed E-state index contributed by atoms with van der Waals surface area (Å²) in [6.07, 6.45) is 20.4. The molecule has 4 spiro atoms. The van der Waals surface area contributed by atoms with Crippen LogP contribution >= 0.6 is 21.6 Å². The third-order valence-corrected chi connectivity index (χ3v) is 20.3. The number of carbonyl (C=O) groups is 1. The topological polar surface area (TPSA) is 191 Å². The van der Waals surface area contributed by atoms with Crippen molar-refractivity contribution in [1.82, 2.24) is 16.0 Å². The number of fused-ring (bicyclic) bond motifs is 11. The number of piperidine rings is 1. The first-order valence-corrected chi connectivity index (χ1v) is 27.7. The van der Waals surface area contributed by atoms with Gasteiger partial charge in [0, 0.05) is 61.2 Å². The van der Waals surface area contributed by atoms with E-state index < -0.39 is 41.7 Å². The molecule has 14 heteroatoms. The van der Waals surface area contributed by atoms with Crippen molar-refractivity contribution in [3.63, 3.8) is 0 Å². The van der Waals surface area contributed by atoms with E-state index in [1.807, 2.05) is 33.7 Å². The molecule has 1 saturated heterocycles. The number of aliphatic imine (C=N–C) groups is 1. The van der Waals surface area contributed by atoms with Gasteiger partial charge in [-0.05, 0) is 143 Å². The summed E-state index contributed by atoms with van der Waals surface area (Å²) in [7, 11) is 3.89. The van der Waals surface area contributed by atoms with Gasteiger partial charge in [-0.2, -0.15) is 0 Å². The first kappa shape index (κ1) is 46.8. The molecule has 4 fully saturated rings. The Bertz CT molecular complexity index is 2130. The highest BCUT2D eigenvalue weighted by atomic mass is 33.1. The zero-order chi connectivity index (χ0) is 45.7. The van der Waals surface area contributed by atoms with Gasteiger partial charge in [0.05, 0.1) is 35.8 Å². The summed E-state index contributed by atoms with van der Waals surface area (Å²) >= 11 is 0. The number of rotatable bonds is 2. The van der Waals surface area contributed by atoms with Crippen molar-refractivity contribution >= 4 is 33.5 Å². The molecule has 4 aliphatic heterocycles. The highest BCUT2D eigenvalue weighted by molar-refractivity contribution is 8.76. The third kappa shape index (κ3) is 9.29. The van der Waals surface area contributed by atoms with E-state index in [1.54, 1.807) is 6.07 Å². The summed E-state index contributed by atoms with van der Waals surface area (Å²) in [6, 6.07) is 3.11. The lowest BCUT2D eigenvalue weighted by molar-refractivity contribution is -0.152. The summed E-state index contributed by atoms with van der Waals surface area (Å²) in [6.45, 7) is 2.78. The van der Waals surface area contributed by atoms with Crippen molar-refractivity contribution in [3.8, 4) is 23.3 Å². The Balaban J connectivity index is 1.12. The number of ether oxygens (including phenoxy) is 2. The minimum absolute atomic E-state index is 0.0124. The zero-order valence-electron chi connectivity index (χ0n) is 38.7. The van der Waals surface area contributed by atoms with E-state index in [2.05, 4.69) is 46.0 Å². The van der Waals surface area contributed by atoms with Crippen LogP contribution in [0.25, 0.3) is 0 Å². The number of aliphatic hydroxyl groups excluding tert-OH is 3. The molecule has 10 aliphatic rings. The number of guanidine groups is 1. The SMILES string of the molecule is CC(=O)OC1CC(O)CCC23C#CC4CC5CCC(NCCSSCC6(CC7C=CC8CCCC8(C7)C6)NC(N)=NC2C=CCC3O)C2(C5)CC(CCN2)Oc2cc(c(CO)cc2O)CC41. The number of esters is 1. The normalized spacial score (nSPS) is 43.4. The summed E-state index contributed by atoms with van der Waals surface area (Å²) < 4.78 is 13.1. The van der Waals surface area contributed by atoms with Crippen molar-refractivity contribution in [3.05, 3.63) is 47.6 Å². The highest BCUT2D eigenvalue weighted by Gasteiger charge is 2.55. The fraction of sp³-hybridized carbons (Fsp3) is 0.731. The molecule has 360 valence electrons. The van der Waals surface area contributed by atoms with Crippen molar-refractivity contribution in [2.75, 3.05) is 24.6 Å². The van der Waals surface area contributed by atoms with Crippen molar-refractivity contribution in [2.24, 2.45) is 51.1 Å². The van der Waals surface area contributed by atoms with Gasteiger partial charge in [0.1, 0.15) is 12.2 Å². The van der Waals surface area contributed by atoms with Gasteiger partial charge in [0.2, 0.25) is 0 Å². The lowest BCUT2D eigenvalue weighted by atomic mass is 9.56. The van der Waals surface area contributed by atoms with Gasteiger partial charge in [-0.25, -0.2) is 4.99 Å². The molecule has 15 unspecified atom stereocenters. The molecule has 0 radical (unpaired) electrons. The molecule has 15 atom stereocenters. The van der Waals surface area contributed by atoms with Gasteiger partial charge in [-0.1, -0.05) is 64.2 Å². The number of carbonyl (C=O) groups excluding carboxylic acids is 1. The van der Waals surface area contributed by atoms with E-state index in [0.717, 1.165) is 81.5 Å². The predicted octanol–water partition coefficient (Wildman–Crippen LogP) is 6.04. The van der Waals surface area contributed by atoms with Gasteiger partial charge >= 0.3 is 5.97 Å². The average molecular weight is 944 g/mol. The highest BCUT2D eigenvalue weighted by Crippen LogP contribution is 2.60. The molecule has 1 aromatic carbocycles. The molecule has 1 aromatic rings. The van der Waals surface area contributed by atoms with Crippen molar-refractivity contribution in [2.45, 2.75) is 170 Å². The standard InChI is InChI=1S/C52H73N5O7S2/c1-32(59)63-43-24-39(60)12-16-51-15-11-35-20-33-8-10-46(52(27-33)28-40(13-17-55-52)64-44-23-36(21-41(35)43)37(29-58)22-42(44)61)54-18-19-65-66-31-50(57-48(53)56-45(51)5-2-6-47(51)62)26-34-7-9-38-4-3-14-49(38,25-34)30-50/h2,5,7,9,22-23,33-35,38-41,43,45-47,54-55,58,60-62H,3-4,6,8,10,12-14,16-21,24-31H2,1H3,(H3,53,56,57). The molecule has 0 aromatic heterocycles. The van der Waals surface area contributed by atoms with Crippen molar-refractivity contribution in [1.29, 1.82) is 0 Å². The van der Waals surface area contributed by atoms with Crippen LogP contribution in [0.15, 0.2) is 41.4 Å². The number of nitrogens with two attached hydrogens (primary N) is 1. The Labute approximate surface area is 399 Å². The van der Waals surface area contributed by atoms with Gasteiger partial charge in [-0.3, -0.25) is 4.79 Å². The van der Waals surface area contributed by atoms with E-state index in [9.17, 15) is 25.2 Å². The van der Waals surface area contributed by atoms with Gasteiger partial charge in [0.25, 0.3) is 0 Å². The van der Waals surface area contributed by atoms with E-state index in [1.165, 1.54) is 32.6 Å². The minimum atomic E-state index is -1.04. The first-order valence-electron chi connectivity index (χ1n) is 25.3. The Hall–Kier alpha value is -2.90. The van der Waals surface area contributed by atoms with Crippen LogP contribution in [-0.4, -0.2) is 105 Å². The summed E-state index contributed by atoms with van der Waals surface area (Å²) in [4.78, 5) is 18.4. The molecular formula is C52H73N5O7S2. The summed E-state index contributed by atoms with van der Waals surface area (Å²) in [5.41, 5.74) is 7.21. The second kappa shape index (κ2) is 19.1. The predicted molar refractivity (Wildman–Crippen MR) is 261 cm³/mol. The van der Waals surface area contributed by atoms with Crippen LogP contribution < -0.4 is 26.4 Å². The molecule has 3 saturated carbocycles. The minimum Gasteiger partial charge on any atom is -0.504 e. The Morgan fingerprint density at radius 1 is 1.03 bits per heavy atom. The van der Waals surface area contributed by atoms with E-state index in [0.29, 0.717) is 54.8 Å². The second-order valence-electron chi connectivity index (χ2n) is 22.0. The monoisotopic (exact) mass is 943 g/mol. The van der Waals surface area contributed by atoms with Crippen LogP contribution in [0.5, 0.6) is 11.5 Å². The van der Waals surface area contributed by atoms with Gasteiger partial charge < -0.3 is 51.6 Å². The fourth-order valence-electron chi connectivity index (χ4n) is 14.9. The second-order valence-corrected chi connectivity index (χ2v) is 24.6. The number of hydrogen-bond donors (Lipinski definition) is 8. The number of phenolic OH excluding ortho intramolecular Hbond substituents is 1. The Morgan fingerprint density at radius 2 is 1.92 bits per heavy atom. The van der Waals surface area contributed by atoms with Crippen LogP contribution in [-0.2, 0) is 22.6 Å². The number of nitrogens with one attached hydrogen (secondary N) is 3. The number of benzene rings is 1. The number of allylic oxidation sites excluding steroid dienone is 2. The fourth-order valence-corrected chi connectivity index (χ4v) is 17.3. The molecule has 66 heavy (non-hydrogen) atoms. The van der Waals surface area contributed by atoms with Crippen LogP contribution in [0, 0.1) is 52.3 Å². The average Bonchev–Trinajstić information content (AvgIpc) is 3.67. The summed E-state index contributed by atoms with van der Waals surface area (Å²) in [5, 5.41) is 58.6. The number of aliphatic hydroxyl groups is 3. The quantitative estimate of drug-likeness (QED) is 0.0743. The number of aromatic hydroxyl groups is 1. The van der Waals surface area contributed by atoms with Crippen LogP contribution in [0.3, 0.4) is 0 Å². The number of hydrogen-bond acceptors (Lipinski definition) is 14. The maximum absolute atomic E-state index is 13.0. The molecular weight excluding hydrogens is 871 g/mol. The van der Waals surface area contributed by atoms with Crippen LogP contribution in [0.1, 0.15) is 121 Å². The molecule has 12 nitrogen and oxygen atoms in total. The number of phenols is 1. The molecule has 11 rings (SSSR count). The third-order valence-electron chi connectivity index (χ3n) is 17.8. The van der Waals surface area contributed by atoms with E-state index in [4.69, 9.17) is 20.2 Å².